The fraction of sp³-hybridized carbons (Fsp3) is 1.00. The van der Waals surface area contributed by atoms with E-state index in [0.717, 1.165) is 37.4 Å². The maximum absolute atomic E-state index is 6.05. The first-order valence-corrected chi connectivity index (χ1v) is 8.94. The lowest BCUT2D eigenvalue weighted by Crippen LogP contribution is -2.56. The molecule has 5 unspecified atom stereocenters. The summed E-state index contributed by atoms with van der Waals surface area (Å²) in [6.07, 6.45) is 3.08. The van der Waals surface area contributed by atoms with E-state index in [9.17, 15) is 0 Å². The van der Waals surface area contributed by atoms with Gasteiger partial charge < -0.3 is 10.1 Å². The Balaban J connectivity index is 2.01. The number of morpholine rings is 1. The van der Waals surface area contributed by atoms with Crippen molar-refractivity contribution in [2.45, 2.75) is 72.1 Å². The van der Waals surface area contributed by atoms with Crippen molar-refractivity contribution in [1.29, 1.82) is 0 Å². The molecular formula is C18H36N2O. The third-order valence-electron chi connectivity index (χ3n) is 5.25. The summed E-state index contributed by atoms with van der Waals surface area (Å²) < 4.78 is 6.05. The number of hydrogen-bond donors (Lipinski definition) is 1. The highest BCUT2D eigenvalue weighted by Crippen LogP contribution is 2.35. The van der Waals surface area contributed by atoms with Crippen LogP contribution in [-0.4, -0.2) is 48.8 Å². The molecule has 0 aromatic rings. The van der Waals surface area contributed by atoms with Crippen LogP contribution in [0.25, 0.3) is 0 Å². The van der Waals surface area contributed by atoms with Crippen LogP contribution in [0.1, 0.15) is 54.4 Å². The van der Waals surface area contributed by atoms with Gasteiger partial charge in [-0.05, 0) is 57.9 Å². The summed E-state index contributed by atoms with van der Waals surface area (Å²) in [7, 11) is 0. The lowest BCUT2D eigenvalue weighted by molar-refractivity contribution is -0.133. The van der Waals surface area contributed by atoms with E-state index in [0.29, 0.717) is 12.1 Å². The molecule has 124 valence electrons. The van der Waals surface area contributed by atoms with Crippen molar-refractivity contribution in [3.8, 4) is 0 Å². The zero-order valence-corrected chi connectivity index (χ0v) is 15.0. The van der Waals surface area contributed by atoms with Gasteiger partial charge >= 0.3 is 0 Å². The third kappa shape index (κ3) is 4.67. The predicted octanol–water partition coefficient (Wildman–Crippen LogP) is 3.15. The van der Waals surface area contributed by atoms with Crippen molar-refractivity contribution in [2.24, 2.45) is 17.8 Å². The van der Waals surface area contributed by atoms with Gasteiger partial charge in [0.05, 0.1) is 11.7 Å². The summed E-state index contributed by atoms with van der Waals surface area (Å²) in [4.78, 5) is 2.65. The number of hydrogen-bond acceptors (Lipinski definition) is 3. The molecule has 1 N–H and O–H groups in total. The maximum Gasteiger partial charge on any atom is 0.0757 e. The van der Waals surface area contributed by atoms with Gasteiger partial charge in [-0.3, -0.25) is 4.90 Å². The van der Waals surface area contributed by atoms with Gasteiger partial charge in [-0.15, -0.1) is 0 Å². The van der Waals surface area contributed by atoms with E-state index in [4.69, 9.17) is 4.74 Å². The largest absolute Gasteiger partial charge is 0.370 e. The summed E-state index contributed by atoms with van der Waals surface area (Å²) >= 11 is 0. The predicted molar refractivity (Wildman–Crippen MR) is 89.6 cm³/mol. The Morgan fingerprint density at radius 3 is 2.52 bits per heavy atom. The minimum Gasteiger partial charge on any atom is -0.370 e. The molecule has 0 spiro atoms. The molecule has 1 aliphatic heterocycles. The van der Waals surface area contributed by atoms with Crippen LogP contribution in [-0.2, 0) is 4.74 Å². The van der Waals surface area contributed by atoms with Gasteiger partial charge in [0, 0.05) is 25.7 Å². The summed E-state index contributed by atoms with van der Waals surface area (Å²) in [6, 6.07) is 0.690. The zero-order chi connectivity index (χ0) is 15.6. The van der Waals surface area contributed by atoms with Crippen molar-refractivity contribution in [3.05, 3.63) is 0 Å². The van der Waals surface area contributed by atoms with E-state index in [1.54, 1.807) is 0 Å². The molecule has 2 rings (SSSR count). The molecule has 3 heteroatoms. The zero-order valence-electron chi connectivity index (χ0n) is 15.0. The average molecular weight is 296 g/mol. The highest BCUT2D eigenvalue weighted by Gasteiger charge is 2.37. The molecule has 0 amide bonds. The standard InChI is InChI=1S/C18H36N2O/c1-7-19-17-9-13(2)8-14(3)16(17)11-20-10-15(4)21-18(5,6)12-20/h13-17,19H,7-12H2,1-6H3. The molecule has 0 aromatic heterocycles. The van der Waals surface area contributed by atoms with Crippen LogP contribution in [0, 0.1) is 17.8 Å². The Hall–Kier alpha value is -0.120. The van der Waals surface area contributed by atoms with E-state index >= 15 is 0 Å². The second-order valence-electron chi connectivity index (χ2n) is 8.26. The molecule has 5 atom stereocenters. The van der Waals surface area contributed by atoms with Gasteiger partial charge in [0.15, 0.2) is 0 Å². The Labute approximate surface area is 131 Å². The minimum absolute atomic E-state index is 0.00343. The summed E-state index contributed by atoms with van der Waals surface area (Å²) in [5, 5.41) is 3.76. The monoisotopic (exact) mass is 296 g/mol. The van der Waals surface area contributed by atoms with Gasteiger partial charge in [0.2, 0.25) is 0 Å². The van der Waals surface area contributed by atoms with E-state index in [1.807, 2.05) is 0 Å². The first-order valence-electron chi connectivity index (χ1n) is 8.94. The van der Waals surface area contributed by atoms with Crippen molar-refractivity contribution in [2.75, 3.05) is 26.2 Å². The van der Waals surface area contributed by atoms with Gasteiger partial charge in [-0.1, -0.05) is 20.8 Å². The summed E-state index contributed by atoms with van der Waals surface area (Å²) in [5.74, 6) is 2.46. The molecule has 21 heavy (non-hydrogen) atoms. The van der Waals surface area contributed by atoms with Crippen LogP contribution < -0.4 is 5.32 Å². The summed E-state index contributed by atoms with van der Waals surface area (Å²) in [5.41, 5.74) is -0.00343. The van der Waals surface area contributed by atoms with Crippen molar-refractivity contribution in [1.82, 2.24) is 10.2 Å². The van der Waals surface area contributed by atoms with Gasteiger partial charge in [0.1, 0.15) is 0 Å². The molecule has 1 heterocycles. The SMILES string of the molecule is CCNC1CC(C)CC(C)C1CN1CC(C)OC(C)(C)C1. The van der Waals surface area contributed by atoms with Gasteiger partial charge in [-0.25, -0.2) is 0 Å². The molecule has 3 nitrogen and oxygen atoms in total. The minimum atomic E-state index is -0.00343. The second kappa shape index (κ2) is 6.97. The fourth-order valence-electron chi connectivity index (χ4n) is 4.74. The second-order valence-corrected chi connectivity index (χ2v) is 8.26. The van der Waals surface area contributed by atoms with Crippen LogP contribution in [0.2, 0.25) is 0 Å². The highest BCUT2D eigenvalue weighted by atomic mass is 16.5. The molecule has 1 saturated heterocycles. The molecule has 0 radical (unpaired) electrons. The van der Waals surface area contributed by atoms with Crippen LogP contribution in [0.5, 0.6) is 0 Å². The highest BCUT2D eigenvalue weighted by molar-refractivity contribution is 4.91. The summed E-state index contributed by atoms with van der Waals surface area (Å²) in [6.45, 7) is 18.2. The number of ether oxygens (including phenoxy) is 1. The van der Waals surface area contributed by atoms with E-state index in [-0.39, 0.29) is 5.60 Å². The third-order valence-corrected chi connectivity index (χ3v) is 5.25. The molecule has 1 aliphatic carbocycles. The van der Waals surface area contributed by atoms with Gasteiger partial charge in [-0.2, -0.15) is 0 Å². The molecule has 0 bridgehead atoms. The van der Waals surface area contributed by atoms with E-state index in [2.05, 4.69) is 51.8 Å². The Morgan fingerprint density at radius 1 is 1.19 bits per heavy atom. The molecular weight excluding hydrogens is 260 g/mol. The lowest BCUT2D eigenvalue weighted by Gasteiger charge is -2.47. The van der Waals surface area contributed by atoms with Crippen molar-refractivity contribution >= 4 is 0 Å². The van der Waals surface area contributed by atoms with Crippen molar-refractivity contribution in [3.63, 3.8) is 0 Å². The van der Waals surface area contributed by atoms with Crippen molar-refractivity contribution < 1.29 is 4.74 Å². The smallest absolute Gasteiger partial charge is 0.0757 e. The first kappa shape index (κ1) is 17.2. The normalized spacial score (nSPS) is 41.1. The molecule has 0 aromatic carbocycles. The first-order chi connectivity index (χ1) is 9.80. The molecule has 2 aliphatic rings. The van der Waals surface area contributed by atoms with Crippen LogP contribution in [0.4, 0.5) is 0 Å². The maximum atomic E-state index is 6.05. The van der Waals surface area contributed by atoms with Crippen LogP contribution in [0.15, 0.2) is 0 Å². The van der Waals surface area contributed by atoms with Gasteiger partial charge in [0.25, 0.3) is 0 Å². The van der Waals surface area contributed by atoms with Crippen LogP contribution >= 0.6 is 0 Å². The van der Waals surface area contributed by atoms with Crippen LogP contribution in [0.3, 0.4) is 0 Å². The van der Waals surface area contributed by atoms with E-state index in [1.165, 1.54) is 19.4 Å². The Morgan fingerprint density at radius 2 is 1.90 bits per heavy atom. The number of nitrogens with zero attached hydrogens (tertiary/aromatic N) is 1. The van der Waals surface area contributed by atoms with E-state index < -0.39 is 0 Å². The Bertz CT molecular complexity index is 331. The Kier molecular flexibility index (Phi) is 5.72. The lowest BCUT2D eigenvalue weighted by atomic mass is 9.72. The molecule has 1 saturated carbocycles. The number of rotatable bonds is 4. The average Bonchev–Trinajstić information content (AvgIpc) is 2.31. The topological polar surface area (TPSA) is 24.5 Å². The molecule has 2 fully saturated rings. The number of nitrogens with one attached hydrogen (secondary N) is 1. The quantitative estimate of drug-likeness (QED) is 0.862. The fourth-order valence-corrected chi connectivity index (χ4v) is 4.74.